The second kappa shape index (κ2) is 2.59. The van der Waals surface area contributed by atoms with Crippen LogP contribution in [0.1, 0.15) is 18.2 Å². The first-order valence-electron chi connectivity index (χ1n) is 4.10. The van der Waals surface area contributed by atoms with Crippen LogP contribution >= 0.6 is 0 Å². The normalized spacial score (nSPS) is 10.8. The second-order valence-electron chi connectivity index (χ2n) is 2.91. The van der Waals surface area contributed by atoms with Gasteiger partial charge in [0.05, 0.1) is 5.69 Å². The average Bonchev–Trinajstić information content (AvgIpc) is 2.43. The fourth-order valence-electron chi connectivity index (χ4n) is 1.23. The van der Waals surface area contributed by atoms with Gasteiger partial charge in [-0.3, -0.25) is 4.40 Å². The van der Waals surface area contributed by atoms with Gasteiger partial charge in [-0.05, 0) is 18.9 Å². The summed E-state index contributed by atoms with van der Waals surface area (Å²) in [7, 11) is 0. The number of nitrogens with zero attached hydrogens (tertiary/aromatic N) is 3. The van der Waals surface area contributed by atoms with Gasteiger partial charge in [0.15, 0.2) is 0 Å². The van der Waals surface area contributed by atoms with Gasteiger partial charge < -0.3 is 0 Å². The maximum absolute atomic E-state index is 4.24. The summed E-state index contributed by atoms with van der Waals surface area (Å²) in [6, 6.07) is 0. The smallest absolute Gasteiger partial charge is 0.233 e. The average molecular weight is 161 g/mol. The first kappa shape index (κ1) is 7.28. The lowest BCUT2D eigenvalue weighted by Gasteiger charge is -1.95. The van der Waals surface area contributed by atoms with Crippen molar-refractivity contribution in [3.05, 3.63) is 29.8 Å². The Balaban J connectivity index is 2.66. The van der Waals surface area contributed by atoms with E-state index in [4.69, 9.17) is 0 Å². The van der Waals surface area contributed by atoms with E-state index >= 15 is 0 Å². The van der Waals surface area contributed by atoms with Gasteiger partial charge in [-0.2, -0.15) is 0 Å². The summed E-state index contributed by atoms with van der Waals surface area (Å²) in [4.78, 5) is 8.47. The van der Waals surface area contributed by atoms with Crippen LogP contribution in [0, 0.1) is 6.92 Å². The van der Waals surface area contributed by atoms with E-state index in [9.17, 15) is 0 Å². The van der Waals surface area contributed by atoms with Crippen molar-refractivity contribution in [2.75, 3.05) is 0 Å². The second-order valence-corrected chi connectivity index (χ2v) is 2.91. The maximum atomic E-state index is 4.24. The van der Waals surface area contributed by atoms with E-state index in [0.717, 1.165) is 17.9 Å². The third-order valence-corrected chi connectivity index (χ3v) is 1.89. The number of rotatable bonds is 1. The predicted molar refractivity (Wildman–Crippen MR) is 47.1 cm³/mol. The molecule has 0 amide bonds. The van der Waals surface area contributed by atoms with Crippen LogP contribution in [0.2, 0.25) is 0 Å². The first-order chi connectivity index (χ1) is 5.79. The molecule has 0 aliphatic rings. The van der Waals surface area contributed by atoms with Gasteiger partial charge in [0.2, 0.25) is 5.78 Å². The third-order valence-electron chi connectivity index (χ3n) is 1.89. The van der Waals surface area contributed by atoms with Gasteiger partial charge >= 0.3 is 0 Å². The van der Waals surface area contributed by atoms with E-state index in [1.165, 1.54) is 5.56 Å². The number of hydrogen-bond acceptors (Lipinski definition) is 2. The molecule has 2 aromatic heterocycles. The molecule has 0 aromatic carbocycles. The monoisotopic (exact) mass is 161 g/mol. The van der Waals surface area contributed by atoms with E-state index in [1.54, 1.807) is 0 Å². The van der Waals surface area contributed by atoms with Crippen molar-refractivity contribution in [1.29, 1.82) is 0 Å². The topological polar surface area (TPSA) is 30.2 Å². The molecule has 0 fully saturated rings. The minimum absolute atomic E-state index is 0.782. The molecule has 12 heavy (non-hydrogen) atoms. The Morgan fingerprint density at radius 3 is 3.00 bits per heavy atom. The fourth-order valence-corrected chi connectivity index (χ4v) is 1.23. The molecule has 0 N–H and O–H groups in total. The van der Waals surface area contributed by atoms with Crippen molar-refractivity contribution in [3.63, 3.8) is 0 Å². The van der Waals surface area contributed by atoms with Gasteiger partial charge in [-0.25, -0.2) is 9.97 Å². The Labute approximate surface area is 71.1 Å². The van der Waals surface area contributed by atoms with Crippen LogP contribution in [0.5, 0.6) is 0 Å². The van der Waals surface area contributed by atoms with Crippen molar-refractivity contribution in [2.24, 2.45) is 0 Å². The van der Waals surface area contributed by atoms with Crippen LogP contribution < -0.4 is 0 Å². The molecule has 0 saturated carbocycles. The number of aromatic nitrogens is 3. The zero-order valence-electron chi connectivity index (χ0n) is 7.28. The molecule has 0 radical (unpaired) electrons. The van der Waals surface area contributed by atoms with Crippen LogP contribution in [0.15, 0.2) is 18.6 Å². The van der Waals surface area contributed by atoms with E-state index in [1.807, 2.05) is 23.7 Å². The number of aryl methyl sites for hydroxylation is 2. The molecule has 0 bridgehead atoms. The summed E-state index contributed by atoms with van der Waals surface area (Å²) in [5.41, 5.74) is 2.25. The van der Waals surface area contributed by atoms with Crippen molar-refractivity contribution in [1.82, 2.24) is 14.4 Å². The van der Waals surface area contributed by atoms with E-state index in [0.29, 0.717) is 0 Å². The Hall–Kier alpha value is -1.38. The van der Waals surface area contributed by atoms with Crippen molar-refractivity contribution in [3.8, 4) is 0 Å². The highest BCUT2D eigenvalue weighted by Gasteiger charge is 1.98. The Morgan fingerprint density at radius 1 is 1.42 bits per heavy atom. The number of fused-ring (bicyclic) bond motifs is 1. The lowest BCUT2D eigenvalue weighted by atomic mass is 10.3. The molecule has 3 nitrogen and oxygen atoms in total. The van der Waals surface area contributed by atoms with Gasteiger partial charge in [-0.15, -0.1) is 0 Å². The molecule has 0 unspecified atom stereocenters. The minimum Gasteiger partial charge on any atom is -0.291 e. The van der Waals surface area contributed by atoms with Crippen molar-refractivity contribution >= 4 is 5.78 Å². The van der Waals surface area contributed by atoms with Gasteiger partial charge in [0.1, 0.15) is 0 Å². The van der Waals surface area contributed by atoms with Crippen molar-refractivity contribution in [2.45, 2.75) is 20.3 Å². The molecule has 0 spiro atoms. The lowest BCUT2D eigenvalue weighted by molar-refractivity contribution is 1.02. The Bertz CT molecular complexity index is 403. The summed E-state index contributed by atoms with van der Waals surface area (Å²) >= 11 is 0. The summed E-state index contributed by atoms with van der Waals surface area (Å²) < 4.78 is 1.97. The highest BCUT2D eigenvalue weighted by molar-refractivity contribution is 5.31. The van der Waals surface area contributed by atoms with Gasteiger partial charge in [0.25, 0.3) is 0 Å². The van der Waals surface area contributed by atoms with Crippen LogP contribution in [-0.2, 0) is 6.42 Å². The molecule has 0 aliphatic carbocycles. The summed E-state index contributed by atoms with van der Waals surface area (Å²) in [5, 5.41) is 0. The molecular formula is C9H11N3. The number of hydrogen-bond donors (Lipinski definition) is 0. The largest absolute Gasteiger partial charge is 0.291 e. The zero-order chi connectivity index (χ0) is 8.55. The predicted octanol–water partition coefficient (Wildman–Crippen LogP) is 1.60. The molecule has 0 saturated heterocycles. The molecule has 2 heterocycles. The zero-order valence-corrected chi connectivity index (χ0v) is 7.28. The standard InChI is InChI=1S/C9H11N3/c1-3-8-4-10-9-11-7(2)5-12(9)6-8/h4-6H,3H2,1-2H3. The van der Waals surface area contributed by atoms with E-state index < -0.39 is 0 Å². The molecule has 0 atom stereocenters. The molecule has 3 heteroatoms. The van der Waals surface area contributed by atoms with Crippen molar-refractivity contribution < 1.29 is 0 Å². The van der Waals surface area contributed by atoms with Crippen LogP contribution in [-0.4, -0.2) is 14.4 Å². The first-order valence-corrected chi connectivity index (χ1v) is 4.10. The fraction of sp³-hybridized carbons (Fsp3) is 0.333. The molecular weight excluding hydrogens is 150 g/mol. The molecule has 62 valence electrons. The van der Waals surface area contributed by atoms with Gasteiger partial charge in [0, 0.05) is 18.6 Å². The Morgan fingerprint density at radius 2 is 2.25 bits per heavy atom. The van der Waals surface area contributed by atoms with E-state index in [-0.39, 0.29) is 0 Å². The van der Waals surface area contributed by atoms with Crippen LogP contribution in [0.3, 0.4) is 0 Å². The van der Waals surface area contributed by atoms with Crippen LogP contribution in [0.25, 0.3) is 5.78 Å². The molecule has 0 aliphatic heterocycles. The highest BCUT2D eigenvalue weighted by atomic mass is 15.1. The number of imidazole rings is 1. The quantitative estimate of drug-likeness (QED) is 0.636. The molecule has 2 aromatic rings. The minimum atomic E-state index is 0.782. The van der Waals surface area contributed by atoms with Gasteiger partial charge in [-0.1, -0.05) is 6.92 Å². The molecule has 2 rings (SSSR count). The summed E-state index contributed by atoms with van der Waals surface area (Å²) in [5.74, 6) is 0.782. The highest BCUT2D eigenvalue weighted by Crippen LogP contribution is 2.03. The third kappa shape index (κ3) is 1.07. The summed E-state index contributed by atoms with van der Waals surface area (Å²) in [6.07, 6.45) is 6.95. The van der Waals surface area contributed by atoms with E-state index in [2.05, 4.69) is 23.1 Å². The maximum Gasteiger partial charge on any atom is 0.233 e. The SMILES string of the molecule is CCc1cnc2nc(C)cn2c1. The Kier molecular flexibility index (Phi) is 1.57. The summed E-state index contributed by atoms with van der Waals surface area (Å²) in [6.45, 7) is 4.09. The lowest BCUT2D eigenvalue weighted by Crippen LogP contribution is -1.90. The van der Waals surface area contributed by atoms with Crippen LogP contribution in [0.4, 0.5) is 0 Å².